The fourth-order valence-electron chi connectivity index (χ4n) is 1.94. The Morgan fingerprint density at radius 2 is 0.938 bits per heavy atom. The summed E-state index contributed by atoms with van der Waals surface area (Å²) in [5.74, 6) is 0. The van der Waals surface area contributed by atoms with Gasteiger partial charge >= 0.3 is 110 Å². The van der Waals surface area contributed by atoms with Crippen molar-refractivity contribution in [1.29, 1.82) is 0 Å². The van der Waals surface area contributed by atoms with E-state index in [9.17, 15) is 0 Å². The number of rotatable bonds is 6. The third-order valence-electron chi connectivity index (χ3n) is 3.31. The van der Waals surface area contributed by atoms with Gasteiger partial charge in [0, 0.05) is 0 Å². The van der Waals surface area contributed by atoms with Crippen LogP contribution in [-0.2, 0) is 0 Å². The van der Waals surface area contributed by atoms with E-state index in [4.69, 9.17) is 0 Å². The molecule has 0 bridgehead atoms. The van der Waals surface area contributed by atoms with Gasteiger partial charge in [0.25, 0.3) is 0 Å². The molecule has 16 heavy (non-hydrogen) atoms. The van der Waals surface area contributed by atoms with Crippen LogP contribution < -0.4 is 0 Å². The van der Waals surface area contributed by atoms with Crippen LogP contribution in [0, 0.1) is 0 Å². The standard InChI is InChI=1S/3C5H9.In/c3*1-4-5(2)3;/h3*4H,2H2,1,3H3;/b3*5-4-;. The Morgan fingerprint density at radius 1 is 0.688 bits per heavy atom. The summed E-state index contributed by atoms with van der Waals surface area (Å²) in [6, 6.07) is 0. The van der Waals surface area contributed by atoms with E-state index >= 15 is 0 Å². The molecular formula is C15H27In. The van der Waals surface area contributed by atoms with Crippen molar-refractivity contribution in [3.8, 4) is 0 Å². The van der Waals surface area contributed by atoms with Crippen LogP contribution in [0.2, 0.25) is 12.5 Å². The summed E-state index contributed by atoms with van der Waals surface area (Å²) in [7, 11) is 0. The van der Waals surface area contributed by atoms with Crippen molar-refractivity contribution in [3.63, 3.8) is 0 Å². The molecule has 0 saturated heterocycles. The topological polar surface area (TPSA) is 0 Å². The SMILES string of the molecule is C/C=C(\C)[CH2][In]([CH2]/C(C)=C/C)[CH2]/C(C)=C/C. The Morgan fingerprint density at radius 3 is 1.12 bits per heavy atom. The Balaban J connectivity index is 4.50. The number of hydrogen-bond acceptors (Lipinski definition) is 0. The number of allylic oxidation sites excluding steroid dienone is 6. The Bertz CT molecular complexity index is 234. The van der Waals surface area contributed by atoms with Gasteiger partial charge in [-0.2, -0.15) is 0 Å². The van der Waals surface area contributed by atoms with Crippen molar-refractivity contribution < 1.29 is 0 Å². The average molecular weight is 322 g/mol. The first-order valence-corrected chi connectivity index (χ1v) is 13.4. The van der Waals surface area contributed by atoms with Gasteiger partial charge in [-0.1, -0.05) is 0 Å². The first-order chi connectivity index (χ1) is 7.53. The Labute approximate surface area is 110 Å². The van der Waals surface area contributed by atoms with Gasteiger partial charge in [0.2, 0.25) is 0 Å². The summed E-state index contributed by atoms with van der Waals surface area (Å²) in [5, 5.41) is 0. The quantitative estimate of drug-likeness (QED) is 0.576. The first kappa shape index (κ1) is 16.1. The van der Waals surface area contributed by atoms with Crippen molar-refractivity contribution in [1.82, 2.24) is 0 Å². The van der Waals surface area contributed by atoms with Crippen LogP contribution in [-0.4, -0.2) is 21.4 Å². The first-order valence-electron chi connectivity index (χ1n) is 6.38. The van der Waals surface area contributed by atoms with E-state index in [0.29, 0.717) is 0 Å². The third kappa shape index (κ3) is 7.38. The molecule has 90 valence electrons. The zero-order valence-electron chi connectivity index (χ0n) is 11.9. The maximum absolute atomic E-state index is 2.29. The van der Waals surface area contributed by atoms with E-state index in [0.717, 1.165) is 0 Å². The van der Waals surface area contributed by atoms with Gasteiger partial charge in [-0.3, -0.25) is 0 Å². The molecule has 0 atom stereocenters. The molecular weight excluding hydrogens is 295 g/mol. The van der Waals surface area contributed by atoms with E-state index < -0.39 is 21.4 Å². The molecule has 0 heterocycles. The summed E-state index contributed by atoms with van der Waals surface area (Å²) in [6.07, 6.45) is 6.87. The van der Waals surface area contributed by atoms with E-state index in [1.165, 1.54) is 12.5 Å². The van der Waals surface area contributed by atoms with Gasteiger partial charge in [0.05, 0.1) is 0 Å². The summed E-state index contributed by atoms with van der Waals surface area (Å²) in [5.41, 5.74) is 4.82. The fourth-order valence-corrected chi connectivity index (χ4v) is 13.0. The molecule has 0 aliphatic carbocycles. The molecule has 0 saturated carbocycles. The van der Waals surface area contributed by atoms with E-state index in [1.54, 1.807) is 16.7 Å². The van der Waals surface area contributed by atoms with Gasteiger partial charge in [0.15, 0.2) is 0 Å². The van der Waals surface area contributed by atoms with E-state index in [2.05, 4.69) is 59.8 Å². The molecule has 0 aromatic heterocycles. The molecule has 1 heteroatoms. The summed E-state index contributed by atoms with van der Waals surface area (Å²) < 4.78 is 4.32. The normalized spacial score (nSPS) is 14.2. The van der Waals surface area contributed by atoms with Crippen molar-refractivity contribution >= 4 is 21.4 Å². The minimum absolute atomic E-state index is 1.40. The molecule has 0 aliphatic rings. The van der Waals surface area contributed by atoms with Crippen LogP contribution in [0.4, 0.5) is 0 Å². The zero-order chi connectivity index (χ0) is 12.6. The van der Waals surface area contributed by atoms with Gasteiger partial charge in [0.1, 0.15) is 0 Å². The van der Waals surface area contributed by atoms with Gasteiger partial charge in [-0.25, -0.2) is 0 Å². The molecule has 0 unspecified atom stereocenters. The van der Waals surface area contributed by atoms with Crippen LogP contribution in [0.1, 0.15) is 41.5 Å². The molecule has 0 aliphatic heterocycles. The molecule has 0 spiro atoms. The Kier molecular flexibility index (Phi) is 9.21. The number of hydrogen-bond donors (Lipinski definition) is 0. The predicted molar refractivity (Wildman–Crippen MR) is 78.5 cm³/mol. The van der Waals surface area contributed by atoms with Crippen LogP contribution in [0.5, 0.6) is 0 Å². The van der Waals surface area contributed by atoms with Crippen molar-refractivity contribution in [2.75, 3.05) is 0 Å². The summed E-state index contributed by atoms with van der Waals surface area (Å²) in [4.78, 5) is 0. The molecule has 0 aromatic carbocycles. The monoisotopic (exact) mass is 322 g/mol. The van der Waals surface area contributed by atoms with Crippen molar-refractivity contribution in [2.45, 2.75) is 54.1 Å². The fraction of sp³-hybridized carbons (Fsp3) is 0.600. The van der Waals surface area contributed by atoms with Gasteiger partial charge < -0.3 is 0 Å². The van der Waals surface area contributed by atoms with E-state index in [-0.39, 0.29) is 0 Å². The van der Waals surface area contributed by atoms with Crippen LogP contribution in [0.25, 0.3) is 0 Å². The molecule has 0 nitrogen and oxygen atoms in total. The maximum atomic E-state index is 2.29. The second-order valence-corrected chi connectivity index (χ2v) is 13.3. The van der Waals surface area contributed by atoms with Crippen molar-refractivity contribution in [3.05, 3.63) is 34.9 Å². The molecule has 0 fully saturated rings. The predicted octanol–water partition coefficient (Wildman–Crippen LogP) is 5.38. The van der Waals surface area contributed by atoms with E-state index in [1.807, 2.05) is 0 Å². The molecule has 0 radical (unpaired) electrons. The van der Waals surface area contributed by atoms with Gasteiger partial charge in [-0.15, -0.1) is 0 Å². The third-order valence-corrected chi connectivity index (χ3v) is 13.8. The molecule has 0 rings (SSSR count). The molecule has 0 aromatic rings. The summed E-state index contributed by atoms with van der Waals surface area (Å²) in [6.45, 7) is 13.4. The van der Waals surface area contributed by atoms with Crippen LogP contribution in [0.3, 0.4) is 0 Å². The second-order valence-electron chi connectivity index (χ2n) is 4.88. The Hall–Kier alpha value is 0.0901. The summed E-state index contributed by atoms with van der Waals surface area (Å²) >= 11 is -1.40. The van der Waals surface area contributed by atoms with Crippen LogP contribution in [0.15, 0.2) is 34.9 Å². The molecule has 0 N–H and O–H groups in total. The minimum atomic E-state index is -1.40. The van der Waals surface area contributed by atoms with Gasteiger partial charge in [-0.05, 0) is 0 Å². The molecule has 0 amide bonds. The van der Waals surface area contributed by atoms with Crippen LogP contribution >= 0.6 is 0 Å². The average Bonchev–Trinajstić information content (AvgIpc) is 2.28. The second kappa shape index (κ2) is 9.15. The van der Waals surface area contributed by atoms with Crippen molar-refractivity contribution in [2.24, 2.45) is 0 Å². The zero-order valence-corrected chi connectivity index (χ0v) is 15.2.